The number of hydrogen-bond acceptors (Lipinski definition) is 11. The van der Waals surface area contributed by atoms with E-state index in [1.165, 1.54) is 16.8 Å². The maximum atomic E-state index is 14.7. The van der Waals surface area contributed by atoms with Crippen LogP contribution in [-0.4, -0.2) is 114 Å². The minimum atomic E-state index is -0.875. The van der Waals surface area contributed by atoms with E-state index in [9.17, 15) is 13.6 Å². The van der Waals surface area contributed by atoms with Gasteiger partial charge in [0.1, 0.15) is 11.6 Å². The first kappa shape index (κ1) is 28.2. The van der Waals surface area contributed by atoms with Crippen LogP contribution in [0, 0.1) is 11.6 Å². The Morgan fingerprint density at radius 3 is 2.56 bits per heavy atom. The molecule has 5 rings (SSSR count). The van der Waals surface area contributed by atoms with E-state index in [2.05, 4.69) is 30.3 Å². The van der Waals surface area contributed by atoms with E-state index >= 15 is 0 Å². The van der Waals surface area contributed by atoms with E-state index in [0.29, 0.717) is 75.7 Å². The lowest BCUT2D eigenvalue weighted by Crippen LogP contribution is -2.48. The third-order valence-electron chi connectivity index (χ3n) is 6.89. The average Bonchev–Trinajstić information content (AvgIpc) is 3.62. The SMILES string of the molecule is CN(C)CCNC(=O)c1cc(N2CCN(CCN(C)c3nc(N)n4nc(-c5ccco5)nc4n3)CC2)c(F)cc1F. The van der Waals surface area contributed by atoms with Crippen molar-refractivity contribution in [3.63, 3.8) is 0 Å². The lowest BCUT2D eigenvalue weighted by Gasteiger charge is -2.37. The van der Waals surface area contributed by atoms with Crippen molar-refractivity contribution < 1.29 is 18.0 Å². The molecular formula is C26H33F2N11O2. The molecule has 1 saturated heterocycles. The molecule has 0 aliphatic carbocycles. The molecule has 41 heavy (non-hydrogen) atoms. The Labute approximate surface area is 235 Å². The van der Waals surface area contributed by atoms with Gasteiger partial charge in [0, 0.05) is 65.5 Å². The summed E-state index contributed by atoms with van der Waals surface area (Å²) in [5, 5.41) is 6.99. The van der Waals surface area contributed by atoms with Crippen LogP contribution in [0.5, 0.6) is 0 Å². The third-order valence-corrected chi connectivity index (χ3v) is 6.89. The standard InChI is InChI=1S/C26H33F2N11O2/c1-35(2)7-6-30-23(40)17-15-20(19(28)16-18(17)27)38-12-10-37(11-13-38)9-8-36(3)25-32-24(29)39-26(33-25)31-22(34-39)21-5-4-14-41-21/h4-5,14-16H,6-13H2,1-3H3,(H,30,40)(H2,29,31,32,33,34). The fourth-order valence-electron chi connectivity index (χ4n) is 4.52. The first-order chi connectivity index (χ1) is 19.7. The van der Waals surface area contributed by atoms with Gasteiger partial charge in [-0.1, -0.05) is 0 Å². The van der Waals surface area contributed by atoms with Crippen LogP contribution in [0.25, 0.3) is 17.4 Å². The van der Waals surface area contributed by atoms with Crippen LogP contribution in [0.15, 0.2) is 34.9 Å². The van der Waals surface area contributed by atoms with Gasteiger partial charge < -0.3 is 30.2 Å². The van der Waals surface area contributed by atoms with Crippen LogP contribution in [0.3, 0.4) is 0 Å². The Hall–Kier alpha value is -4.37. The number of furan rings is 1. The number of nitrogens with one attached hydrogen (secondary N) is 1. The number of likely N-dealkylation sites (N-methyl/N-ethyl adjacent to an activating group) is 2. The minimum absolute atomic E-state index is 0.155. The number of halogens is 2. The second kappa shape index (κ2) is 12.0. The number of carbonyl (C=O) groups is 1. The van der Waals surface area contributed by atoms with E-state index < -0.39 is 17.5 Å². The molecule has 3 aromatic heterocycles. The number of fused-ring (bicyclic) bond motifs is 1. The van der Waals surface area contributed by atoms with Crippen molar-refractivity contribution in [2.24, 2.45) is 0 Å². The molecule has 3 N–H and O–H groups in total. The summed E-state index contributed by atoms with van der Waals surface area (Å²) in [5.74, 6) is -0.371. The van der Waals surface area contributed by atoms with Crippen LogP contribution >= 0.6 is 0 Å². The molecule has 1 fully saturated rings. The Balaban J connectivity index is 1.17. The molecule has 1 aliphatic heterocycles. The van der Waals surface area contributed by atoms with E-state index in [4.69, 9.17) is 10.2 Å². The summed E-state index contributed by atoms with van der Waals surface area (Å²) in [4.78, 5) is 33.6. The Morgan fingerprint density at radius 1 is 1.07 bits per heavy atom. The number of piperazine rings is 1. The highest BCUT2D eigenvalue weighted by Gasteiger charge is 2.24. The summed E-state index contributed by atoms with van der Waals surface area (Å²) >= 11 is 0. The summed E-state index contributed by atoms with van der Waals surface area (Å²) in [6, 6.07) is 5.58. The average molecular weight is 570 g/mol. The van der Waals surface area contributed by atoms with Gasteiger partial charge in [0.25, 0.3) is 11.7 Å². The van der Waals surface area contributed by atoms with Crippen molar-refractivity contribution in [2.45, 2.75) is 0 Å². The zero-order valence-electron chi connectivity index (χ0n) is 23.2. The Kier molecular flexibility index (Phi) is 8.26. The van der Waals surface area contributed by atoms with Gasteiger partial charge in [0.15, 0.2) is 5.76 Å². The second-order valence-corrected chi connectivity index (χ2v) is 10.1. The molecule has 0 unspecified atom stereocenters. The summed E-state index contributed by atoms with van der Waals surface area (Å²) in [6.07, 6.45) is 1.54. The van der Waals surface area contributed by atoms with Crippen LogP contribution in [-0.2, 0) is 0 Å². The van der Waals surface area contributed by atoms with E-state index in [-0.39, 0.29) is 17.2 Å². The van der Waals surface area contributed by atoms with Gasteiger partial charge in [-0.3, -0.25) is 9.69 Å². The van der Waals surface area contributed by atoms with Crippen molar-refractivity contribution in [3.05, 3.63) is 47.7 Å². The summed E-state index contributed by atoms with van der Waals surface area (Å²) < 4.78 is 35.9. The highest BCUT2D eigenvalue weighted by Crippen LogP contribution is 2.25. The number of hydrogen-bond donors (Lipinski definition) is 2. The number of nitrogens with two attached hydrogens (primary N) is 1. The number of amides is 1. The second-order valence-electron chi connectivity index (χ2n) is 10.1. The molecule has 4 aromatic rings. The fourth-order valence-corrected chi connectivity index (χ4v) is 4.52. The lowest BCUT2D eigenvalue weighted by atomic mass is 10.1. The molecule has 15 heteroatoms. The van der Waals surface area contributed by atoms with Crippen LogP contribution in [0.1, 0.15) is 10.4 Å². The van der Waals surface area contributed by atoms with Crippen molar-refractivity contribution in [1.82, 2.24) is 39.7 Å². The van der Waals surface area contributed by atoms with Gasteiger partial charge in [0.2, 0.25) is 17.7 Å². The molecule has 0 radical (unpaired) electrons. The third kappa shape index (κ3) is 6.36. The highest BCUT2D eigenvalue weighted by atomic mass is 19.1. The summed E-state index contributed by atoms with van der Waals surface area (Å²) in [5.41, 5.74) is 6.17. The largest absolute Gasteiger partial charge is 0.461 e. The number of benzene rings is 1. The fraction of sp³-hybridized carbons (Fsp3) is 0.423. The van der Waals surface area contributed by atoms with Gasteiger partial charge in [0.05, 0.1) is 17.5 Å². The highest BCUT2D eigenvalue weighted by molar-refractivity contribution is 5.95. The van der Waals surface area contributed by atoms with Crippen LogP contribution < -0.4 is 20.9 Å². The maximum absolute atomic E-state index is 14.7. The molecule has 1 aromatic carbocycles. The zero-order chi connectivity index (χ0) is 29.1. The van der Waals surface area contributed by atoms with Crippen molar-refractivity contribution >= 4 is 29.3 Å². The molecule has 218 valence electrons. The molecule has 13 nitrogen and oxygen atoms in total. The summed E-state index contributed by atoms with van der Waals surface area (Å²) in [6.45, 7) is 4.66. The predicted molar refractivity (Wildman–Crippen MR) is 150 cm³/mol. The number of anilines is 3. The first-order valence-corrected chi connectivity index (χ1v) is 13.2. The molecule has 0 spiro atoms. The molecule has 1 amide bonds. The summed E-state index contributed by atoms with van der Waals surface area (Å²) in [7, 11) is 5.62. The van der Waals surface area contributed by atoms with Gasteiger partial charge in [-0.05, 0) is 32.3 Å². The van der Waals surface area contributed by atoms with Crippen molar-refractivity contribution in [3.8, 4) is 11.6 Å². The number of rotatable bonds is 10. The molecular weight excluding hydrogens is 536 g/mol. The van der Waals surface area contributed by atoms with E-state index in [1.54, 1.807) is 12.1 Å². The quantitative estimate of drug-likeness (QED) is 0.285. The number of nitrogens with zero attached hydrogens (tertiary/aromatic N) is 9. The van der Waals surface area contributed by atoms with Gasteiger partial charge in [-0.2, -0.15) is 19.5 Å². The molecule has 0 atom stereocenters. The lowest BCUT2D eigenvalue weighted by molar-refractivity contribution is 0.0947. The van der Waals surface area contributed by atoms with Crippen LogP contribution in [0.2, 0.25) is 0 Å². The van der Waals surface area contributed by atoms with E-state index in [1.807, 2.05) is 35.8 Å². The maximum Gasteiger partial charge on any atom is 0.259 e. The molecule has 0 bridgehead atoms. The molecule has 4 heterocycles. The smallest absolute Gasteiger partial charge is 0.259 e. The molecule has 0 saturated carbocycles. The number of carbonyl (C=O) groups excluding carboxylic acids is 1. The van der Waals surface area contributed by atoms with Gasteiger partial charge in [-0.25, -0.2) is 8.78 Å². The topological polar surface area (TPSA) is 137 Å². The van der Waals surface area contributed by atoms with Crippen LogP contribution in [0.4, 0.5) is 26.4 Å². The molecule has 1 aliphatic rings. The monoisotopic (exact) mass is 569 g/mol. The first-order valence-electron chi connectivity index (χ1n) is 13.2. The zero-order valence-corrected chi connectivity index (χ0v) is 23.2. The van der Waals surface area contributed by atoms with Gasteiger partial charge in [-0.15, -0.1) is 5.10 Å². The van der Waals surface area contributed by atoms with Gasteiger partial charge >= 0.3 is 0 Å². The Bertz CT molecular complexity index is 1500. The Morgan fingerprint density at radius 2 is 1.85 bits per heavy atom. The normalized spacial score (nSPS) is 14.2. The number of aromatic nitrogens is 5. The minimum Gasteiger partial charge on any atom is -0.461 e. The van der Waals surface area contributed by atoms with Crippen molar-refractivity contribution in [2.75, 3.05) is 89.0 Å². The van der Waals surface area contributed by atoms with E-state index in [0.717, 1.165) is 6.07 Å². The van der Waals surface area contributed by atoms with Crippen molar-refractivity contribution in [1.29, 1.82) is 0 Å². The number of nitrogen functional groups attached to an aromatic ring is 1. The predicted octanol–water partition coefficient (Wildman–Crippen LogP) is 1.19.